The van der Waals surface area contributed by atoms with Crippen molar-refractivity contribution in [3.8, 4) is 23.0 Å². The first-order chi connectivity index (χ1) is 22.5. The van der Waals surface area contributed by atoms with Crippen molar-refractivity contribution in [2.24, 2.45) is 5.92 Å². The summed E-state index contributed by atoms with van der Waals surface area (Å²) >= 11 is 0. The lowest BCUT2D eigenvalue weighted by molar-refractivity contribution is -0.163. The van der Waals surface area contributed by atoms with E-state index in [1.807, 2.05) is 30.3 Å². The van der Waals surface area contributed by atoms with E-state index in [1.54, 1.807) is 48.2 Å². The molecule has 6 rings (SSSR count). The minimum absolute atomic E-state index is 0.190. The maximum atomic E-state index is 15.2. The number of carbonyl (C=O) groups is 2. The predicted octanol–water partition coefficient (Wildman–Crippen LogP) is 3.19. The molecular weight excluding hydrogens is 604 g/mol. The summed E-state index contributed by atoms with van der Waals surface area (Å²) in [4.78, 5) is 29.9. The van der Waals surface area contributed by atoms with Gasteiger partial charge in [-0.15, -0.1) is 0 Å². The molecule has 2 amide bonds. The Labute approximate surface area is 274 Å². The number of nitrogens with one attached hydrogen (secondary N) is 1. The molecule has 3 aliphatic rings. The molecule has 250 valence electrons. The van der Waals surface area contributed by atoms with E-state index in [0.717, 1.165) is 0 Å². The highest BCUT2D eigenvalue weighted by molar-refractivity contribution is 5.87. The number of likely N-dealkylation sites (tertiary alicyclic amines) is 1. The Hall–Kier alpha value is -4.32. The zero-order chi connectivity index (χ0) is 33.7. The van der Waals surface area contributed by atoms with Gasteiger partial charge < -0.3 is 44.5 Å². The second-order valence-electron chi connectivity index (χ2n) is 12.7. The monoisotopic (exact) mass is 646 g/mol. The van der Waals surface area contributed by atoms with Crippen molar-refractivity contribution in [3.05, 3.63) is 83.4 Å². The van der Waals surface area contributed by atoms with Gasteiger partial charge in [0.05, 0.1) is 32.8 Å². The standard InChI is InChI=1S/C36H42N2O9/c1-6-34(2,42)33(41)37-27-13-10-18-38(27)31(39)30-28(21-11-8-7-9-12-21)35(43)29-25(46-5)19-24(45-4)20-26(29)47-36(30,32(35)40)22-14-16-23(44-3)17-15-22/h7-9,11-12,14-17,19-20,27-28,30,32,40,42-43H,6,10,13,18H2,1-5H3,(H,37,41)/t27-,28+,30-,32+,34+,35+,36-/m0/s1. The second-order valence-corrected chi connectivity index (χ2v) is 12.7. The van der Waals surface area contributed by atoms with Crippen LogP contribution in [0, 0.1) is 5.92 Å². The second kappa shape index (κ2) is 12.0. The number of fused-ring (bicyclic) bond motifs is 4. The van der Waals surface area contributed by atoms with Gasteiger partial charge in [0.2, 0.25) is 5.91 Å². The summed E-state index contributed by atoms with van der Waals surface area (Å²) in [5.41, 5.74) is -4.27. The quantitative estimate of drug-likeness (QED) is 0.275. The molecule has 2 aliphatic heterocycles. The van der Waals surface area contributed by atoms with Crippen LogP contribution in [0.2, 0.25) is 0 Å². The van der Waals surface area contributed by atoms with E-state index in [9.17, 15) is 20.1 Å². The van der Waals surface area contributed by atoms with E-state index in [0.29, 0.717) is 42.0 Å². The summed E-state index contributed by atoms with van der Waals surface area (Å²) in [7, 11) is 4.49. The Morgan fingerprint density at radius 2 is 1.70 bits per heavy atom. The highest BCUT2D eigenvalue weighted by atomic mass is 16.5. The molecule has 4 N–H and O–H groups in total. The number of rotatable bonds is 9. The van der Waals surface area contributed by atoms with E-state index < -0.39 is 52.7 Å². The van der Waals surface area contributed by atoms with Crippen molar-refractivity contribution >= 4 is 11.8 Å². The number of carbonyl (C=O) groups excluding carboxylic acids is 2. The smallest absolute Gasteiger partial charge is 0.253 e. The summed E-state index contributed by atoms with van der Waals surface area (Å²) in [6.45, 7) is 3.46. The zero-order valence-corrected chi connectivity index (χ0v) is 27.2. The fourth-order valence-electron chi connectivity index (χ4n) is 7.59. The SMILES string of the molecule is CC[C@@](C)(O)C(=O)N[C@@H]1CCCN1C(=O)[C@@H]1[C@@H](c2ccccc2)[C@@]2(O)c3c(OC)cc(OC)cc3O[C@]1(c1ccc(OC)cc1)[C@@H]2O. The molecule has 11 heteroatoms. The Balaban J connectivity index is 1.60. The van der Waals surface area contributed by atoms with Crippen molar-refractivity contribution < 1.29 is 43.9 Å². The minimum atomic E-state index is -2.09. The van der Waals surface area contributed by atoms with Crippen LogP contribution >= 0.6 is 0 Å². The molecule has 2 bridgehead atoms. The van der Waals surface area contributed by atoms with Gasteiger partial charge in [0.1, 0.15) is 46.5 Å². The Bertz CT molecular complexity index is 1650. The average molecular weight is 647 g/mol. The Morgan fingerprint density at radius 3 is 2.32 bits per heavy atom. The zero-order valence-electron chi connectivity index (χ0n) is 27.2. The molecule has 1 aliphatic carbocycles. The summed E-state index contributed by atoms with van der Waals surface area (Å²) in [6, 6.07) is 19.2. The van der Waals surface area contributed by atoms with Gasteiger partial charge in [0, 0.05) is 24.6 Å². The molecule has 11 nitrogen and oxygen atoms in total. The lowest BCUT2D eigenvalue weighted by Crippen LogP contribution is -2.59. The molecule has 0 aromatic heterocycles. The summed E-state index contributed by atoms with van der Waals surface area (Å²) < 4.78 is 23.6. The van der Waals surface area contributed by atoms with Gasteiger partial charge in [-0.1, -0.05) is 49.4 Å². The number of hydrogen-bond donors (Lipinski definition) is 4. The van der Waals surface area contributed by atoms with Crippen LogP contribution in [0.25, 0.3) is 0 Å². The summed E-state index contributed by atoms with van der Waals surface area (Å²) in [5, 5.41) is 39.2. The molecule has 2 fully saturated rings. The minimum Gasteiger partial charge on any atom is -0.497 e. The van der Waals surface area contributed by atoms with Crippen LogP contribution in [0.4, 0.5) is 0 Å². The van der Waals surface area contributed by atoms with Gasteiger partial charge in [-0.25, -0.2) is 0 Å². The lowest BCUT2D eigenvalue weighted by atomic mass is 9.74. The Morgan fingerprint density at radius 1 is 1.02 bits per heavy atom. The van der Waals surface area contributed by atoms with Crippen LogP contribution in [0.3, 0.4) is 0 Å². The molecule has 0 unspecified atom stereocenters. The third-order valence-electron chi connectivity index (χ3n) is 10.2. The number of nitrogens with zero attached hydrogens (tertiary/aromatic N) is 1. The first-order valence-corrected chi connectivity index (χ1v) is 15.9. The van der Waals surface area contributed by atoms with E-state index in [1.165, 1.54) is 28.3 Å². The predicted molar refractivity (Wildman–Crippen MR) is 171 cm³/mol. The van der Waals surface area contributed by atoms with Crippen LogP contribution in [0.1, 0.15) is 55.7 Å². The van der Waals surface area contributed by atoms with Gasteiger partial charge in [0.15, 0.2) is 5.60 Å². The van der Waals surface area contributed by atoms with Crippen molar-refractivity contribution in [2.75, 3.05) is 27.9 Å². The lowest BCUT2D eigenvalue weighted by Gasteiger charge is -2.45. The highest BCUT2D eigenvalue weighted by Gasteiger charge is 2.76. The van der Waals surface area contributed by atoms with Gasteiger partial charge in [-0.3, -0.25) is 9.59 Å². The number of aliphatic hydroxyl groups is 3. The summed E-state index contributed by atoms with van der Waals surface area (Å²) in [5.74, 6) is -1.87. The maximum absolute atomic E-state index is 15.2. The third-order valence-corrected chi connectivity index (χ3v) is 10.2. The van der Waals surface area contributed by atoms with Crippen LogP contribution in [-0.2, 0) is 20.8 Å². The molecule has 0 radical (unpaired) electrons. The average Bonchev–Trinajstić information content (AvgIpc) is 3.60. The molecule has 1 saturated heterocycles. The highest BCUT2D eigenvalue weighted by Crippen LogP contribution is 2.68. The van der Waals surface area contributed by atoms with Gasteiger partial charge in [-0.05, 0) is 49.4 Å². The number of benzene rings is 3. The summed E-state index contributed by atoms with van der Waals surface area (Å²) in [6.07, 6.45) is -1.12. The first kappa shape index (κ1) is 32.6. The largest absolute Gasteiger partial charge is 0.497 e. The van der Waals surface area contributed by atoms with Gasteiger partial charge in [0.25, 0.3) is 5.91 Å². The van der Waals surface area contributed by atoms with E-state index in [-0.39, 0.29) is 23.5 Å². The molecule has 7 atom stereocenters. The molecule has 3 aromatic rings. The Kier molecular flexibility index (Phi) is 8.36. The van der Waals surface area contributed by atoms with Crippen LogP contribution in [0.5, 0.6) is 23.0 Å². The van der Waals surface area contributed by atoms with Gasteiger partial charge >= 0.3 is 0 Å². The number of hydrogen-bond acceptors (Lipinski definition) is 9. The molecule has 0 spiro atoms. The van der Waals surface area contributed by atoms with Crippen molar-refractivity contribution in [2.45, 2.75) is 68.1 Å². The normalized spacial score (nSPS) is 28.9. The molecule has 1 saturated carbocycles. The number of amides is 2. The van der Waals surface area contributed by atoms with E-state index >= 15 is 4.79 Å². The molecule has 47 heavy (non-hydrogen) atoms. The fourth-order valence-corrected chi connectivity index (χ4v) is 7.59. The van der Waals surface area contributed by atoms with E-state index in [2.05, 4.69) is 5.32 Å². The first-order valence-electron chi connectivity index (χ1n) is 15.9. The van der Waals surface area contributed by atoms with E-state index in [4.69, 9.17) is 18.9 Å². The number of aliphatic hydroxyl groups excluding tert-OH is 1. The third kappa shape index (κ3) is 4.90. The van der Waals surface area contributed by atoms with Crippen LogP contribution < -0.4 is 24.3 Å². The van der Waals surface area contributed by atoms with Crippen molar-refractivity contribution in [3.63, 3.8) is 0 Å². The molecule has 3 aromatic carbocycles. The maximum Gasteiger partial charge on any atom is 0.253 e. The van der Waals surface area contributed by atoms with Crippen molar-refractivity contribution in [1.82, 2.24) is 10.2 Å². The van der Waals surface area contributed by atoms with Crippen molar-refractivity contribution in [1.29, 1.82) is 0 Å². The van der Waals surface area contributed by atoms with Crippen LogP contribution in [-0.4, -0.2) is 77.8 Å². The molecular formula is C36H42N2O9. The molecule has 2 heterocycles. The topological polar surface area (TPSA) is 147 Å². The fraction of sp³-hybridized carbons (Fsp3) is 0.444. The number of methoxy groups -OCH3 is 3. The van der Waals surface area contributed by atoms with Crippen LogP contribution in [0.15, 0.2) is 66.7 Å². The number of ether oxygens (including phenoxy) is 4. The van der Waals surface area contributed by atoms with Gasteiger partial charge in [-0.2, -0.15) is 0 Å².